The van der Waals surface area contributed by atoms with Crippen molar-refractivity contribution in [2.24, 2.45) is 0 Å². The monoisotopic (exact) mass is 282 g/mol. The van der Waals surface area contributed by atoms with Gasteiger partial charge in [-0.3, -0.25) is 4.79 Å². The molecule has 0 spiro atoms. The van der Waals surface area contributed by atoms with E-state index >= 15 is 0 Å². The maximum Gasteiger partial charge on any atom is 0.261 e. The number of aromatic nitrogens is 1. The molecule has 0 bridgehead atoms. The van der Waals surface area contributed by atoms with E-state index in [0.29, 0.717) is 18.5 Å². The van der Waals surface area contributed by atoms with E-state index in [2.05, 4.69) is 37.0 Å². The van der Waals surface area contributed by atoms with Crippen LogP contribution in [0.3, 0.4) is 0 Å². The van der Waals surface area contributed by atoms with Gasteiger partial charge in [0, 0.05) is 17.0 Å². The maximum atomic E-state index is 12.1. The summed E-state index contributed by atoms with van der Waals surface area (Å²) in [7, 11) is 0. The van der Waals surface area contributed by atoms with Crippen molar-refractivity contribution in [1.82, 2.24) is 9.88 Å². The average molecular weight is 282 g/mol. The molecule has 0 atom stereocenters. The van der Waals surface area contributed by atoms with Gasteiger partial charge < -0.3 is 9.64 Å². The molecule has 1 fully saturated rings. The van der Waals surface area contributed by atoms with Gasteiger partial charge in [0.15, 0.2) is 6.61 Å². The highest BCUT2D eigenvalue weighted by atomic mass is 16.5. The summed E-state index contributed by atoms with van der Waals surface area (Å²) in [6, 6.07) is 6.77. The Morgan fingerprint density at radius 3 is 2.71 bits per heavy atom. The van der Waals surface area contributed by atoms with Gasteiger partial charge in [-0.15, -0.1) is 0 Å². The third kappa shape index (κ3) is 2.15. The largest absolute Gasteiger partial charge is 0.467 e. The molecular formula is C17H18N2O2. The van der Waals surface area contributed by atoms with Crippen LogP contribution in [0, 0.1) is 13.8 Å². The van der Waals surface area contributed by atoms with Gasteiger partial charge >= 0.3 is 0 Å². The van der Waals surface area contributed by atoms with Crippen LogP contribution in [0.1, 0.15) is 29.5 Å². The van der Waals surface area contributed by atoms with Gasteiger partial charge in [-0.25, -0.2) is 4.98 Å². The van der Waals surface area contributed by atoms with Crippen molar-refractivity contribution in [3.8, 4) is 5.88 Å². The van der Waals surface area contributed by atoms with E-state index in [1.165, 1.54) is 11.1 Å². The van der Waals surface area contributed by atoms with Crippen molar-refractivity contribution in [3.05, 3.63) is 34.9 Å². The molecule has 0 N–H and O–H groups in total. The van der Waals surface area contributed by atoms with Crippen molar-refractivity contribution < 1.29 is 9.53 Å². The van der Waals surface area contributed by atoms with Crippen LogP contribution in [0.5, 0.6) is 5.88 Å². The number of hydrogen-bond acceptors (Lipinski definition) is 3. The standard InChI is InChI=1S/C17H18N2O2/c1-10-5-12-7-13-8-19(14-3-4-14)16(20)9-21-17(13)18-15(12)6-11(10)2/h5-7,14H,3-4,8-9H2,1-2H3. The number of nitrogens with zero attached hydrogens (tertiary/aromatic N) is 2. The van der Waals surface area contributed by atoms with Gasteiger partial charge in [-0.1, -0.05) is 0 Å². The van der Waals surface area contributed by atoms with Crippen molar-refractivity contribution in [1.29, 1.82) is 0 Å². The fourth-order valence-corrected chi connectivity index (χ4v) is 2.91. The summed E-state index contributed by atoms with van der Waals surface area (Å²) in [5.74, 6) is 0.689. The Kier molecular flexibility index (Phi) is 2.67. The van der Waals surface area contributed by atoms with Crippen LogP contribution in [0.15, 0.2) is 18.2 Å². The first-order chi connectivity index (χ1) is 10.1. The predicted molar refractivity (Wildman–Crippen MR) is 80.3 cm³/mol. The molecule has 1 aromatic carbocycles. The van der Waals surface area contributed by atoms with E-state index in [0.717, 1.165) is 29.3 Å². The molecular weight excluding hydrogens is 264 g/mol. The summed E-state index contributed by atoms with van der Waals surface area (Å²) < 4.78 is 5.64. The lowest BCUT2D eigenvalue weighted by molar-refractivity contribution is -0.133. The summed E-state index contributed by atoms with van der Waals surface area (Å²) >= 11 is 0. The van der Waals surface area contributed by atoms with Crippen LogP contribution in [0.25, 0.3) is 10.9 Å². The van der Waals surface area contributed by atoms with E-state index in [4.69, 9.17) is 4.74 Å². The Morgan fingerprint density at radius 2 is 1.95 bits per heavy atom. The SMILES string of the molecule is Cc1cc2cc3c(nc2cc1C)OCC(=O)N(C1CC1)C3. The summed E-state index contributed by atoms with van der Waals surface area (Å²) in [6.07, 6.45) is 2.22. The number of hydrogen-bond donors (Lipinski definition) is 0. The van der Waals surface area contributed by atoms with Crippen LogP contribution in [0.4, 0.5) is 0 Å². The number of rotatable bonds is 1. The van der Waals surface area contributed by atoms with Gasteiger partial charge in [0.2, 0.25) is 5.88 Å². The summed E-state index contributed by atoms with van der Waals surface area (Å²) in [4.78, 5) is 18.7. The van der Waals surface area contributed by atoms with Gasteiger partial charge in [-0.05, 0) is 56.0 Å². The lowest BCUT2D eigenvalue weighted by Gasteiger charge is -2.19. The molecule has 0 saturated heterocycles. The van der Waals surface area contributed by atoms with E-state index in [1.807, 2.05) is 4.90 Å². The molecule has 4 nitrogen and oxygen atoms in total. The summed E-state index contributed by atoms with van der Waals surface area (Å²) in [5.41, 5.74) is 4.43. The third-order valence-corrected chi connectivity index (χ3v) is 4.45. The molecule has 4 heteroatoms. The molecule has 1 aliphatic carbocycles. The van der Waals surface area contributed by atoms with Gasteiger partial charge in [0.05, 0.1) is 12.1 Å². The zero-order chi connectivity index (χ0) is 14.6. The van der Waals surface area contributed by atoms with Gasteiger partial charge in [0.1, 0.15) is 0 Å². The number of carbonyl (C=O) groups excluding carboxylic acids is 1. The molecule has 0 unspecified atom stereocenters. The second-order valence-corrected chi connectivity index (χ2v) is 6.12. The molecule has 2 heterocycles. The second kappa shape index (κ2) is 4.45. The Hall–Kier alpha value is -2.10. The lowest BCUT2D eigenvalue weighted by atomic mass is 10.0. The minimum absolute atomic E-state index is 0.0758. The van der Waals surface area contributed by atoms with E-state index < -0.39 is 0 Å². The lowest BCUT2D eigenvalue weighted by Crippen LogP contribution is -2.34. The topological polar surface area (TPSA) is 42.4 Å². The highest BCUT2D eigenvalue weighted by Crippen LogP contribution is 2.33. The van der Waals surface area contributed by atoms with Crippen LogP contribution in [0.2, 0.25) is 0 Å². The minimum atomic E-state index is 0.0758. The van der Waals surface area contributed by atoms with Crippen molar-refractivity contribution in [3.63, 3.8) is 0 Å². The van der Waals surface area contributed by atoms with E-state index in [9.17, 15) is 4.79 Å². The number of carbonyl (C=O) groups is 1. The number of pyridine rings is 1. The Morgan fingerprint density at radius 1 is 1.19 bits per heavy atom. The summed E-state index contributed by atoms with van der Waals surface area (Å²) in [6.45, 7) is 4.92. The number of amides is 1. The van der Waals surface area contributed by atoms with Crippen molar-refractivity contribution >= 4 is 16.8 Å². The molecule has 1 aliphatic heterocycles. The molecule has 4 rings (SSSR count). The van der Waals surface area contributed by atoms with E-state index in [-0.39, 0.29) is 12.5 Å². The first kappa shape index (κ1) is 12.6. The van der Waals surface area contributed by atoms with Crippen LogP contribution < -0.4 is 4.74 Å². The number of fused-ring (bicyclic) bond motifs is 2. The Bertz CT molecular complexity index is 750. The Labute approximate surface area is 123 Å². The maximum absolute atomic E-state index is 12.1. The number of ether oxygens (including phenoxy) is 1. The third-order valence-electron chi connectivity index (χ3n) is 4.45. The zero-order valence-electron chi connectivity index (χ0n) is 12.3. The highest BCUT2D eigenvalue weighted by molar-refractivity contribution is 5.83. The molecule has 1 amide bonds. The quantitative estimate of drug-likeness (QED) is 0.807. The molecule has 21 heavy (non-hydrogen) atoms. The molecule has 108 valence electrons. The molecule has 2 aliphatic rings. The van der Waals surface area contributed by atoms with Gasteiger partial charge in [-0.2, -0.15) is 0 Å². The van der Waals surface area contributed by atoms with Crippen LogP contribution in [-0.4, -0.2) is 28.4 Å². The number of aryl methyl sites for hydroxylation is 2. The number of benzene rings is 1. The zero-order valence-corrected chi connectivity index (χ0v) is 12.3. The molecule has 2 aromatic rings. The van der Waals surface area contributed by atoms with Gasteiger partial charge in [0.25, 0.3) is 5.91 Å². The molecule has 1 aromatic heterocycles. The predicted octanol–water partition coefficient (Wildman–Crippen LogP) is 2.74. The average Bonchev–Trinajstić information content (AvgIpc) is 3.27. The first-order valence-electron chi connectivity index (χ1n) is 7.45. The van der Waals surface area contributed by atoms with Crippen LogP contribution in [-0.2, 0) is 11.3 Å². The highest BCUT2D eigenvalue weighted by Gasteiger charge is 2.35. The molecule has 1 saturated carbocycles. The molecule has 0 radical (unpaired) electrons. The van der Waals surface area contributed by atoms with E-state index in [1.54, 1.807) is 0 Å². The Balaban J connectivity index is 1.82. The van der Waals surface area contributed by atoms with Crippen LogP contribution >= 0.6 is 0 Å². The van der Waals surface area contributed by atoms with Crippen molar-refractivity contribution in [2.75, 3.05) is 6.61 Å². The fourth-order valence-electron chi connectivity index (χ4n) is 2.91. The second-order valence-electron chi connectivity index (χ2n) is 6.12. The van der Waals surface area contributed by atoms with Crippen molar-refractivity contribution in [2.45, 2.75) is 39.3 Å². The normalized spacial score (nSPS) is 18.4. The fraction of sp³-hybridized carbons (Fsp3) is 0.412. The first-order valence-corrected chi connectivity index (χ1v) is 7.45. The minimum Gasteiger partial charge on any atom is -0.467 e. The summed E-state index contributed by atoms with van der Waals surface area (Å²) in [5, 5.41) is 1.12. The smallest absolute Gasteiger partial charge is 0.261 e.